The normalized spacial score (nSPS) is 10.9. The van der Waals surface area contributed by atoms with E-state index in [1.54, 1.807) is 37.3 Å². The minimum atomic E-state index is -1.03. The number of benzene rings is 2. The smallest absolute Gasteiger partial charge is 0.338 e. The number of para-hydroxylation sites is 1. The third-order valence-corrected chi connectivity index (χ3v) is 5.15. The van der Waals surface area contributed by atoms with Crippen LogP contribution in [0.25, 0.3) is 16.7 Å². The molecule has 178 valence electrons. The summed E-state index contributed by atoms with van der Waals surface area (Å²) in [5, 5.41) is 1.98. The van der Waals surface area contributed by atoms with E-state index in [2.05, 4.69) is 10.3 Å². The summed E-state index contributed by atoms with van der Waals surface area (Å²) in [5.74, 6) is -3.62. The molecule has 2 aromatic heterocycles. The number of aromatic nitrogens is 3. The molecule has 2 aromatic carbocycles. The van der Waals surface area contributed by atoms with Crippen molar-refractivity contribution in [1.29, 1.82) is 0 Å². The van der Waals surface area contributed by atoms with Crippen LogP contribution < -0.4 is 16.6 Å². The van der Waals surface area contributed by atoms with Crippen LogP contribution in [-0.2, 0) is 16.1 Å². The molecule has 4 aromatic rings. The zero-order chi connectivity index (χ0) is 25.3. The zero-order valence-corrected chi connectivity index (χ0v) is 18.5. The van der Waals surface area contributed by atoms with E-state index in [0.29, 0.717) is 22.0 Å². The fraction of sp³-hybridized carbons (Fsp3) is 0.125. The number of amides is 1. The second-order valence-corrected chi connectivity index (χ2v) is 7.52. The van der Waals surface area contributed by atoms with Gasteiger partial charge in [0.2, 0.25) is 5.91 Å². The Hall–Kier alpha value is -4.67. The number of methoxy groups -OCH3 is 1. The third kappa shape index (κ3) is 4.43. The van der Waals surface area contributed by atoms with Gasteiger partial charge in [-0.1, -0.05) is 18.2 Å². The van der Waals surface area contributed by atoms with E-state index >= 15 is 0 Å². The van der Waals surface area contributed by atoms with Gasteiger partial charge < -0.3 is 10.1 Å². The number of rotatable bonds is 5. The number of pyridine rings is 1. The zero-order valence-electron chi connectivity index (χ0n) is 18.5. The van der Waals surface area contributed by atoms with E-state index in [1.807, 2.05) is 0 Å². The molecule has 0 aliphatic carbocycles. The van der Waals surface area contributed by atoms with Crippen LogP contribution in [0.3, 0.4) is 0 Å². The summed E-state index contributed by atoms with van der Waals surface area (Å²) < 4.78 is 33.6. The molecule has 0 radical (unpaired) electrons. The van der Waals surface area contributed by atoms with Gasteiger partial charge >= 0.3 is 11.7 Å². The van der Waals surface area contributed by atoms with Crippen molar-refractivity contribution in [3.63, 3.8) is 0 Å². The highest BCUT2D eigenvalue weighted by Crippen LogP contribution is 2.19. The minimum Gasteiger partial charge on any atom is -0.465 e. The molecule has 11 heteroatoms. The predicted octanol–water partition coefficient (Wildman–Crippen LogP) is 2.56. The number of aryl methyl sites for hydroxylation is 1. The van der Waals surface area contributed by atoms with Crippen molar-refractivity contribution < 1.29 is 23.1 Å². The predicted molar refractivity (Wildman–Crippen MR) is 123 cm³/mol. The number of halogens is 2. The molecule has 0 atom stereocenters. The Kier molecular flexibility index (Phi) is 6.24. The summed E-state index contributed by atoms with van der Waals surface area (Å²) in [4.78, 5) is 56.2. The number of carbonyl (C=O) groups excluding carboxylic acids is 2. The Balaban J connectivity index is 1.94. The van der Waals surface area contributed by atoms with Gasteiger partial charge in [-0.15, -0.1) is 0 Å². The summed E-state index contributed by atoms with van der Waals surface area (Å²) in [6, 6.07) is 12.1. The lowest BCUT2D eigenvalue weighted by Gasteiger charge is -2.15. The number of hydrogen-bond donors (Lipinski definition) is 1. The molecular weight excluding hydrogens is 462 g/mol. The first-order chi connectivity index (χ1) is 16.7. The van der Waals surface area contributed by atoms with Gasteiger partial charge in [0.25, 0.3) is 5.56 Å². The second kappa shape index (κ2) is 9.29. The monoisotopic (exact) mass is 480 g/mol. The van der Waals surface area contributed by atoms with E-state index in [-0.39, 0.29) is 22.3 Å². The maximum atomic E-state index is 14.0. The molecule has 0 saturated carbocycles. The number of fused-ring (bicyclic) bond motifs is 1. The van der Waals surface area contributed by atoms with Gasteiger partial charge in [-0.25, -0.2) is 32.5 Å². The Labute approximate surface area is 196 Å². The molecule has 35 heavy (non-hydrogen) atoms. The maximum absolute atomic E-state index is 14.0. The molecule has 0 fully saturated rings. The number of ether oxygens (including phenoxy) is 1. The van der Waals surface area contributed by atoms with Crippen LogP contribution in [0.2, 0.25) is 0 Å². The summed E-state index contributed by atoms with van der Waals surface area (Å²) >= 11 is 0. The van der Waals surface area contributed by atoms with Gasteiger partial charge in [-0.05, 0) is 37.3 Å². The number of esters is 1. The number of nitrogens with one attached hydrogen (secondary N) is 1. The fourth-order valence-corrected chi connectivity index (χ4v) is 3.61. The SMILES string of the molecule is COC(=O)c1cc(C)nc2c1c(=O)n(CC(=O)Nc1ccc(F)cc1F)c(=O)n2-c1ccccc1. The van der Waals surface area contributed by atoms with Crippen molar-refractivity contribution in [3.05, 3.63) is 98.3 Å². The Morgan fingerprint density at radius 1 is 1.06 bits per heavy atom. The molecule has 4 rings (SSSR count). The average molecular weight is 480 g/mol. The van der Waals surface area contributed by atoms with Gasteiger partial charge in [-0.2, -0.15) is 0 Å². The average Bonchev–Trinajstić information content (AvgIpc) is 2.83. The van der Waals surface area contributed by atoms with E-state index in [0.717, 1.165) is 23.8 Å². The third-order valence-electron chi connectivity index (χ3n) is 5.15. The molecule has 9 nitrogen and oxygen atoms in total. The highest BCUT2D eigenvalue weighted by atomic mass is 19.1. The van der Waals surface area contributed by atoms with E-state index < -0.39 is 41.3 Å². The van der Waals surface area contributed by atoms with E-state index in [1.165, 1.54) is 6.07 Å². The maximum Gasteiger partial charge on any atom is 0.338 e. The molecule has 0 unspecified atom stereocenters. The molecule has 0 saturated heterocycles. The Morgan fingerprint density at radius 3 is 2.43 bits per heavy atom. The van der Waals surface area contributed by atoms with Crippen molar-refractivity contribution in [1.82, 2.24) is 14.1 Å². The van der Waals surface area contributed by atoms with E-state index in [4.69, 9.17) is 4.74 Å². The summed E-state index contributed by atoms with van der Waals surface area (Å²) in [6.07, 6.45) is 0. The molecule has 0 bridgehead atoms. The molecule has 0 aliphatic rings. The van der Waals surface area contributed by atoms with Crippen LogP contribution in [0.15, 0.2) is 64.2 Å². The van der Waals surface area contributed by atoms with Crippen LogP contribution in [0.5, 0.6) is 0 Å². The van der Waals surface area contributed by atoms with Crippen LogP contribution >= 0.6 is 0 Å². The quantitative estimate of drug-likeness (QED) is 0.440. The van der Waals surface area contributed by atoms with E-state index in [9.17, 15) is 28.0 Å². The first-order valence-corrected chi connectivity index (χ1v) is 10.3. The van der Waals surface area contributed by atoms with Gasteiger partial charge in [0.15, 0.2) is 5.65 Å². The van der Waals surface area contributed by atoms with Gasteiger partial charge in [-0.3, -0.25) is 9.59 Å². The van der Waals surface area contributed by atoms with Crippen LogP contribution in [0, 0.1) is 18.6 Å². The number of nitrogens with zero attached hydrogens (tertiary/aromatic N) is 3. The summed E-state index contributed by atoms with van der Waals surface area (Å²) in [5.41, 5.74) is -1.74. The summed E-state index contributed by atoms with van der Waals surface area (Å²) in [7, 11) is 1.14. The lowest BCUT2D eigenvalue weighted by molar-refractivity contribution is -0.116. The molecular formula is C24H18F2N4O5. The van der Waals surface area contributed by atoms with Crippen molar-refractivity contribution >= 4 is 28.6 Å². The van der Waals surface area contributed by atoms with Crippen LogP contribution in [0.4, 0.5) is 14.5 Å². The highest BCUT2D eigenvalue weighted by molar-refractivity contribution is 6.02. The topological polar surface area (TPSA) is 112 Å². The lowest BCUT2D eigenvalue weighted by Crippen LogP contribution is -2.43. The van der Waals surface area contributed by atoms with Gasteiger partial charge in [0.05, 0.1) is 29.4 Å². The standard InChI is InChI=1S/C24H18F2N4O5/c1-13-10-16(23(33)35-2)20-21(27-13)30(15-6-4-3-5-7-15)24(34)29(22(20)32)12-19(31)28-18-9-8-14(25)11-17(18)26/h3-11H,12H2,1-2H3,(H,28,31). The largest absolute Gasteiger partial charge is 0.465 e. The highest BCUT2D eigenvalue weighted by Gasteiger charge is 2.24. The molecule has 2 heterocycles. The van der Waals surface area contributed by atoms with Crippen molar-refractivity contribution in [2.75, 3.05) is 12.4 Å². The molecule has 0 aliphatic heterocycles. The summed E-state index contributed by atoms with van der Waals surface area (Å²) in [6.45, 7) is 0.771. The minimum absolute atomic E-state index is 0.0900. The molecule has 1 N–H and O–H groups in total. The first kappa shape index (κ1) is 23.5. The van der Waals surface area contributed by atoms with Crippen molar-refractivity contribution in [3.8, 4) is 5.69 Å². The number of carbonyl (C=O) groups is 2. The van der Waals surface area contributed by atoms with Crippen LogP contribution in [-0.4, -0.2) is 33.1 Å². The van der Waals surface area contributed by atoms with Gasteiger partial charge in [0, 0.05) is 11.8 Å². The van der Waals surface area contributed by atoms with Crippen molar-refractivity contribution in [2.45, 2.75) is 13.5 Å². The van der Waals surface area contributed by atoms with Crippen LogP contribution in [0.1, 0.15) is 16.1 Å². The number of hydrogen-bond acceptors (Lipinski definition) is 6. The Morgan fingerprint density at radius 2 is 1.77 bits per heavy atom. The van der Waals surface area contributed by atoms with Crippen molar-refractivity contribution in [2.24, 2.45) is 0 Å². The second-order valence-electron chi connectivity index (χ2n) is 7.52. The lowest BCUT2D eigenvalue weighted by atomic mass is 10.1. The fourth-order valence-electron chi connectivity index (χ4n) is 3.61. The first-order valence-electron chi connectivity index (χ1n) is 10.3. The molecule has 1 amide bonds. The Bertz CT molecular complexity index is 1600. The molecule has 0 spiro atoms. The van der Waals surface area contributed by atoms with Gasteiger partial charge in [0.1, 0.15) is 18.2 Å². The number of anilines is 1.